The van der Waals surface area contributed by atoms with Crippen LogP contribution in [0.5, 0.6) is 0 Å². The maximum Gasteiger partial charge on any atom is 0.229 e. The van der Waals surface area contributed by atoms with Crippen LogP contribution in [0, 0.1) is 0 Å². The second-order valence-corrected chi connectivity index (χ2v) is 6.48. The molecule has 0 saturated carbocycles. The van der Waals surface area contributed by atoms with E-state index in [2.05, 4.69) is 32.2 Å². The Morgan fingerprint density at radius 1 is 1.10 bits per heavy atom. The van der Waals surface area contributed by atoms with E-state index in [1.54, 1.807) is 0 Å². The minimum atomic E-state index is 0.294. The number of nitrogens with zero attached hydrogens (tertiary/aromatic N) is 5. The lowest BCUT2D eigenvalue weighted by Gasteiger charge is -2.35. The van der Waals surface area contributed by atoms with Crippen molar-refractivity contribution in [2.24, 2.45) is 0 Å². The number of rotatable bonds is 4. The smallest absolute Gasteiger partial charge is 0.229 e. The SMILES string of the molecule is CN(C)c1nc(N)nc(CN(C)C2CC3CCC(C2)N3)n1. The van der Waals surface area contributed by atoms with Crippen LogP contribution in [0.15, 0.2) is 0 Å². The van der Waals surface area contributed by atoms with Crippen LogP contribution in [0.3, 0.4) is 0 Å². The molecule has 21 heavy (non-hydrogen) atoms. The highest BCUT2D eigenvalue weighted by molar-refractivity contribution is 5.32. The van der Waals surface area contributed by atoms with Crippen molar-refractivity contribution < 1.29 is 0 Å². The molecule has 2 aliphatic heterocycles. The average molecular weight is 291 g/mol. The second-order valence-electron chi connectivity index (χ2n) is 6.48. The first-order valence-electron chi connectivity index (χ1n) is 7.65. The molecular formula is C14H25N7. The van der Waals surface area contributed by atoms with Crippen LogP contribution in [0.4, 0.5) is 11.9 Å². The quantitative estimate of drug-likeness (QED) is 0.822. The molecule has 7 heteroatoms. The third kappa shape index (κ3) is 3.24. The molecule has 1 aromatic rings. The molecule has 1 aromatic heterocycles. The van der Waals surface area contributed by atoms with Gasteiger partial charge >= 0.3 is 0 Å². The Hall–Kier alpha value is -1.47. The van der Waals surface area contributed by atoms with Crippen molar-refractivity contribution in [1.82, 2.24) is 25.2 Å². The van der Waals surface area contributed by atoms with Crippen LogP contribution < -0.4 is 16.0 Å². The Morgan fingerprint density at radius 3 is 2.38 bits per heavy atom. The predicted molar refractivity (Wildman–Crippen MR) is 83.0 cm³/mol. The van der Waals surface area contributed by atoms with Crippen molar-refractivity contribution in [3.63, 3.8) is 0 Å². The van der Waals surface area contributed by atoms with Gasteiger partial charge in [-0.15, -0.1) is 0 Å². The summed E-state index contributed by atoms with van der Waals surface area (Å²) in [5.41, 5.74) is 5.79. The summed E-state index contributed by atoms with van der Waals surface area (Å²) in [7, 11) is 5.98. The molecule has 116 valence electrons. The molecule has 2 unspecified atom stereocenters. The lowest BCUT2D eigenvalue weighted by molar-refractivity contribution is 0.162. The van der Waals surface area contributed by atoms with Gasteiger partial charge in [0.15, 0.2) is 0 Å². The van der Waals surface area contributed by atoms with Gasteiger partial charge in [-0.3, -0.25) is 4.90 Å². The van der Waals surface area contributed by atoms with Crippen molar-refractivity contribution in [3.05, 3.63) is 5.82 Å². The molecule has 0 amide bonds. The zero-order chi connectivity index (χ0) is 15.0. The van der Waals surface area contributed by atoms with Gasteiger partial charge in [-0.1, -0.05) is 0 Å². The molecule has 3 rings (SSSR count). The van der Waals surface area contributed by atoms with E-state index in [4.69, 9.17) is 5.73 Å². The lowest BCUT2D eigenvalue weighted by Crippen LogP contribution is -2.46. The van der Waals surface area contributed by atoms with Gasteiger partial charge in [0.1, 0.15) is 5.82 Å². The maximum atomic E-state index is 5.79. The highest BCUT2D eigenvalue weighted by Gasteiger charge is 2.35. The summed E-state index contributed by atoms with van der Waals surface area (Å²) in [4.78, 5) is 17.1. The Morgan fingerprint density at radius 2 is 1.76 bits per heavy atom. The fraction of sp³-hybridized carbons (Fsp3) is 0.786. The molecule has 2 bridgehead atoms. The fourth-order valence-electron chi connectivity index (χ4n) is 3.44. The number of anilines is 2. The van der Waals surface area contributed by atoms with Gasteiger partial charge in [0.05, 0.1) is 6.54 Å². The van der Waals surface area contributed by atoms with Crippen LogP contribution in [0.2, 0.25) is 0 Å². The molecular weight excluding hydrogens is 266 g/mol. The minimum absolute atomic E-state index is 0.294. The van der Waals surface area contributed by atoms with Crippen molar-refractivity contribution in [1.29, 1.82) is 0 Å². The summed E-state index contributed by atoms with van der Waals surface area (Å²) in [5, 5.41) is 3.68. The summed E-state index contributed by atoms with van der Waals surface area (Å²) in [6.07, 6.45) is 5.07. The van der Waals surface area contributed by atoms with Gasteiger partial charge in [-0.2, -0.15) is 15.0 Å². The van der Waals surface area contributed by atoms with E-state index in [0.29, 0.717) is 30.0 Å². The monoisotopic (exact) mass is 291 g/mol. The van der Waals surface area contributed by atoms with Gasteiger partial charge in [0, 0.05) is 32.2 Å². The van der Waals surface area contributed by atoms with Crippen molar-refractivity contribution in [3.8, 4) is 0 Å². The number of hydrogen-bond acceptors (Lipinski definition) is 7. The van der Waals surface area contributed by atoms with E-state index >= 15 is 0 Å². The molecule has 2 fully saturated rings. The van der Waals surface area contributed by atoms with Crippen molar-refractivity contribution in [2.45, 2.75) is 50.4 Å². The first kappa shape index (κ1) is 14.5. The summed E-state index contributed by atoms with van der Waals surface area (Å²) in [5.74, 6) is 1.67. The van der Waals surface area contributed by atoms with Crippen molar-refractivity contribution >= 4 is 11.9 Å². The van der Waals surface area contributed by atoms with Crippen molar-refractivity contribution in [2.75, 3.05) is 31.8 Å². The molecule has 0 spiro atoms. The van der Waals surface area contributed by atoms with E-state index < -0.39 is 0 Å². The molecule has 2 aliphatic rings. The molecule has 2 atom stereocenters. The number of nitrogens with two attached hydrogens (primary N) is 1. The summed E-state index contributed by atoms with van der Waals surface area (Å²) < 4.78 is 0. The van der Waals surface area contributed by atoms with E-state index in [-0.39, 0.29) is 0 Å². The second kappa shape index (κ2) is 5.73. The minimum Gasteiger partial charge on any atom is -0.368 e. The number of piperidine rings is 1. The zero-order valence-electron chi connectivity index (χ0n) is 13.1. The Labute approximate surface area is 126 Å². The third-order valence-electron chi connectivity index (χ3n) is 4.55. The number of fused-ring (bicyclic) bond motifs is 2. The normalized spacial score (nSPS) is 28.1. The van der Waals surface area contributed by atoms with Gasteiger partial charge in [-0.25, -0.2) is 0 Å². The maximum absolute atomic E-state index is 5.79. The number of nitrogens with one attached hydrogen (secondary N) is 1. The van der Waals surface area contributed by atoms with Gasteiger partial charge in [0.25, 0.3) is 0 Å². The fourth-order valence-corrected chi connectivity index (χ4v) is 3.44. The Kier molecular flexibility index (Phi) is 3.95. The number of nitrogen functional groups attached to an aromatic ring is 1. The molecule has 2 saturated heterocycles. The summed E-state index contributed by atoms with van der Waals surface area (Å²) in [6, 6.07) is 1.98. The van der Waals surface area contributed by atoms with E-state index in [1.165, 1.54) is 25.7 Å². The largest absolute Gasteiger partial charge is 0.368 e. The molecule has 3 heterocycles. The first-order valence-corrected chi connectivity index (χ1v) is 7.65. The van der Waals surface area contributed by atoms with Gasteiger partial charge in [0.2, 0.25) is 11.9 Å². The zero-order valence-corrected chi connectivity index (χ0v) is 13.1. The summed E-state index contributed by atoms with van der Waals surface area (Å²) in [6.45, 7) is 0.720. The van der Waals surface area contributed by atoms with Crippen LogP contribution in [0.1, 0.15) is 31.5 Å². The molecule has 0 radical (unpaired) electrons. The predicted octanol–water partition coefficient (Wildman–Crippen LogP) is 0.235. The number of aromatic nitrogens is 3. The summed E-state index contributed by atoms with van der Waals surface area (Å²) >= 11 is 0. The molecule has 0 aromatic carbocycles. The molecule has 3 N–H and O–H groups in total. The molecule has 0 aliphatic carbocycles. The third-order valence-corrected chi connectivity index (χ3v) is 4.55. The average Bonchev–Trinajstić information content (AvgIpc) is 2.76. The van der Waals surface area contributed by atoms with Crippen LogP contribution in [-0.2, 0) is 6.54 Å². The standard InChI is InChI=1S/C14H25N7/c1-20(2)14-18-12(17-13(15)19-14)8-21(3)11-6-9-4-5-10(7-11)16-9/h9-11,16H,4-8H2,1-3H3,(H2,15,17,18,19). The highest BCUT2D eigenvalue weighted by atomic mass is 15.3. The highest BCUT2D eigenvalue weighted by Crippen LogP contribution is 2.29. The van der Waals surface area contributed by atoms with Crippen LogP contribution >= 0.6 is 0 Å². The number of hydrogen-bond donors (Lipinski definition) is 2. The topological polar surface area (TPSA) is 83.2 Å². The first-order chi connectivity index (χ1) is 10.0. The Bertz CT molecular complexity index is 492. The van der Waals surface area contributed by atoms with Crippen LogP contribution in [0.25, 0.3) is 0 Å². The van der Waals surface area contributed by atoms with E-state index in [9.17, 15) is 0 Å². The van der Waals surface area contributed by atoms with E-state index in [0.717, 1.165) is 12.4 Å². The lowest BCUT2D eigenvalue weighted by atomic mass is 9.98. The Balaban J connectivity index is 1.68. The van der Waals surface area contributed by atoms with Gasteiger partial charge < -0.3 is 16.0 Å². The van der Waals surface area contributed by atoms with E-state index in [1.807, 2.05) is 19.0 Å². The van der Waals surface area contributed by atoms with Gasteiger partial charge in [-0.05, 0) is 32.7 Å². The van der Waals surface area contributed by atoms with Crippen LogP contribution in [-0.4, -0.2) is 59.1 Å². The molecule has 7 nitrogen and oxygen atoms in total.